The molecule has 0 aliphatic heterocycles. The SMILES string of the molecule is CC.CC.CCCC(C)CNCCO. The third kappa shape index (κ3) is 22.7. The molecule has 0 aromatic heterocycles. The largest absolute Gasteiger partial charge is 0.395 e. The Kier molecular flexibility index (Phi) is 32.1. The lowest BCUT2D eigenvalue weighted by molar-refractivity contribution is 0.288. The summed E-state index contributed by atoms with van der Waals surface area (Å²) in [6.07, 6.45) is 2.53. The molecule has 0 saturated carbocycles. The first-order valence-corrected chi connectivity index (χ1v) is 6.12. The second-order valence-corrected chi connectivity index (χ2v) is 2.82. The highest BCUT2D eigenvalue weighted by Gasteiger charge is 1.97. The molecule has 14 heavy (non-hydrogen) atoms. The fraction of sp³-hybridized carbons (Fsp3) is 1.00. The number of rotatable bonds is 6. The minimum atomic E-state index is 0.249. The third-order valence-electron chi connectivity index (χ3n) is 1.56. The minimum Gasteiger partial charge on any atom is -0.395 e. The molecule has 0 rings (SSSR count). The molecule has 0 aliphatic carbocycles. The van der Waals surface area contributed by atoms with E-state index in [1.54, 1.807) is 0 Å². The quantitative estimate of drug-likeness (QED) is 0.653. The Labute approximate surface area is 91.1 Å². The van der Waals surface area contributed by atoms with E-state index in [4.69, 9.17) is 5.11 Å². The van der Waals surface area contributed by atoms with Crippen molar-refractivity contribution in [2.24, 2.45) is 5.92 Å². The standard InChI is InChI=1S/C8H19NO.2C2H6/c1-3-4-8(2)7-9-5-6-10;2*1-2/h8-10H,3-7H2,1-2H3;2*1-2H3. The Morgan fingerprint density at radius 1 is 1.14 bits per heavy atom. The van der Waals surface area contributed by atoms with Crippen molar-refractivity contribution in [2.45, 2.75) is 54.4 Å². The van der Waals surface area contributed by atoms with E-state index in [1.807, 2.05) is 27.7 Å². The molecular formula is C12H31NO. The molecule has 0 radical (unpaired) electrons. The van der Waals surface area contributed by atoms with Crippen LogP contribution in [0.25, 0.3) is 0 Å². The Morgan fingerprint density at radius 2 is 1.64 bits per heavy atom. The molecule has 0 bridgehead atoms. The van der Waals surface area contributed by atoms with E-state index in [2.05, 4.69) is 19.2 Å². The highest BCUT2D eigenvalue weighted by molar-refractivity contribution is 4.55. The topological polar surface area (TPSA) is 32.3 Å². The monoisotopic (exact) mass is 205 g/mol. The van der Waals surface area contributed by atoms with Crippen molar-refractivity contribution < 1.29 is 5.11 Å². The summed E-state index contributed by atoms with van der Waals surface area (Å²) in [4.78, 5) is 0. The maximum atomic E-state index is 8.45. The van der Waals surface area contributed by atoms with E-state index in [1.165, 1.54) is 12.8 Å². The molecule has 2 heteroatoms. The van der Waals surface area contributed by atoms with Gasteiger partial charge >= 0.3 is 0 Å². The van der Waals surface area contributed by atoms with E-state index >= 15 is 0 Å². The van der Waals surface area contributed by atoms with Crippen molar-refractivity contribution in [3.63, 3.8) is 0 Å². The van der Waals surface area contributed by atoms with Gasteiger partial charge in [0.1, 0.15) is 0 Å². The molecule has 1 unspecified atom stereocenters. The zero-order valence-electron chi connectivity index (χ0n) is 11.1. The summed E-state index contributed by atoms with van der Waals surface area (Å²) in [5.41, 5.74) is 0. The van der Waals surface area contributed by atoms with E-state index in [9.17, 15) is 0 Å². The van der Waals surface area contributed by atoms with Crippen molar-refractivity contribution in [3.05, 3.63) is 0 Å². The summed E-state index contributed by atoms with van der Waals surface area (Å²) in [5, 5.41) is 11.6. The highest BCUT2D eigenvalue weighted by atomic mass is 16.3. The molecule has 0 amide bonds. The minimum absolute atomic E-state index is 0.249. The van der Waals surface area contributed by atoms with E-state index in [-0.39, 0.29) is 6.61 Å². The average Bonchev–Trinajstić information content (AvgIpc) is 2.25. The zero-order valence-corrected chi connectivity index (χ0v) is 11.1. The molecule has 0 aromatic rings. The first-order valence-electron chi connectivity index (χ1n) is 6.12. The number of aliphatic hydroxyl groups is 1. The van der Waals surface area contributed by atoms with Gasteiger partial charge in [-0.25, -0.2) is 0 Å². The summed E-state index contributed by atoms with van der Waals surface area (Å²) >= 11 is 0. The Bertz CT molecular complexity index is 67.3. The Morgan fingerprint density at radius 3 is 2.00 bits per heavy atom. The Balaban J connectivity index is -0.000000266. The predicted molar refractivity (Wildman–Crippen MR) is 66.7 cm³/mol. The van der Waals surface area contributed by atoms with Gasteiger partial charge in [0.15, 0.2) is 0 Å². The van der Waals surface area contributed by atoms with Crippen molar-refractivity contribution in [1.29, 1.82) is 0 Å². The summed E-state index contributed by atoms with van der Waals surface area (Å²) in [6.45, 7) is 14.4. The van der Waals surface area contributed by atoms with Crippen molar-refractivity contribution in [2.75, 3.05) is 19.7 Å². The van der Waals surface area contributed by atoms with E-state index < -0.39 is 0 Å². The molecule has 2 N–H and O–H groups in total. The van der Waals surface area contributed by atoms with Gasteiger partial charge in [-0.2, -0.15) is 0 Å². The fourth-order valence-electron chi connectivity index (χ4n) is 1.02. The summed E-state index contributed by atoms with van der Waals surface area (Å²) in [7, 11) is 0. The number of hydrogen-bond acceptors (Lipinski definition) is 2. The zero-order chi connectivity index (χ0) is 11.8. The van der Waals surface area contributed by atoms with Gasteiger partial charge in [0.05, 0.1) is 6.61 Å². The highest BCUT2D eigenvalue weighted by Crippen LogP contribution is 2.01. The molecule has 90 valence electrons. The number of aliphatic hydroxyl groups excluding tert-OH is 1. The molecule has 0 heterocycles. The maximum Gasteiger partial charge on any atom is 0.0555 e. The second kappa shape index (κ2) is 23.1. The van der Waals surface area contributed by atoms with Crippen LogP contribution in [-0.2, 0) is 0 Å². The van der Waals surface area contributed by atoms with Crippen LogP contribution in [-0.4, -0.2) is 24.8 Å². The van der Waals surface area contributed by atoms with Crippen molar-refractivity contribution in [3.8, 4) is 0 Å². The van der Waals surface area contributed by atoms with Crippen molar-refractivity contribution >= 4 is 0 Å². The van der Waals surface area contributed by atoms with Gasteiger partial charge in [0.2, 0.25) is 0 Å². The predicted octanol–water partition coefficient (Wildman–Crippen LogP) is 3.06. The van der Waals surface area contributed by atoms with E-state index in [0.29, 0.717) is 0 Å². The van der Waals surface area contributed by atoms with Gasteiger partial charge in [-0.3, -0.25) is 0 Å². The summed E-state index contributed by atoms with van der Waals surface area (Å²) < 4.78 is 0. The molecule has 0 aliphatic rings. The van der Waals surface area contributed by atoms with Gasteiger partial charge in [-0.1, -0.05) is 48.0 Å². The van der Waals surface area contributed by atoms with Crippen LogP contribution < -0.4 is 5.32 Å². The maximum absolute atomic E-state index is 8.45. The number of hydrogen-bond donors (Lipinski definition) is 2. The average molecular weight is 205 g/mol. The molecule has 0 fully saturated rings. The van der Waals surface area contributed by atoms with Crippen molar-refractivity contribution in [1.82, 2.24) is 5.32 Å². The lowest BCUT2D eigenvalue weighted by Crippen LogP contribution is -2.24. The molecule has 2 nitrogen and oxygen atoms in total. The molecule has 0 aromatic carbocycles. The van der Waals surface area contributed by atoms with Crippen LogP contribution in [0.4, 0.5) is 0 Å². The van der Waals surface area contributed by atoms with Crippen LogP contribution in [0.2, 0.25) is 0 Å². The van der Waals surface area contributed by atoms with Gasteiger partial charge in [-0.05, 0) is 18.9 Å². The van der Waals surface area contributed by atoms with Gasteiger partial charge < -0.3 is 10.4 Å². The van der Waals surface area contributed by atoms with Crippen LogP contribution in [0.15, 0.2) is 0 Å². The van der Waals surface area contributed by atoms with Gasteiger partial charge in [-0.15, -0.1) is 0 Å². The van der Waals surface area contributed by atoms with Crippen LogP contribution in [0.5, 0.6) is 0 Å². The Hall–Kier alpha value is -0.0800. The smallest absolute Gasteiger partial charge is 0.0555 e. The molecule has 0 spiro atoms. The van der Waals surface area contributed by atoms with Crippen LogP contribution in [0, 0.1) is 5.92 Å². The number of nitrogens with one attached hydrogen (secondary N) is 1. The van der Waals surface area contributed by atoms with Crippen LogP contribution >= 0.6 is 0 Å². The summed E-state index contributed by atoms with van der Waals surface area (Å²) in [5.74, 6) is 0.747. The van der Waals surface area contributed by atoms with E-state index in [0.717, 1.165) is 19.0 Å². The van der Waals surface area contributed by atoms with Crippen LogP contribution in [0.1, 0.15) is 54.4 Å². The second-order valence-electron chi connectivity index (χ2n) is 2.82. The lowest BCUT2D eigenvalue weighted by Gasteiger charge is -2.09. The lowest BCUT2D eigenvalue weighted by atomic mass is 10.1. The summed E-state index contributed by atoms with van der Waals surface area (Å²) in [6, 6.07) is 0. The first-order chi connectivity index (χ1) is 6.81. The third-order valence-corrected chi connectivity index (χ3v) is 1.56. The normalized spacial score (nSPS) is 10.5. The molecular weight excluding hydrogens is 174 g/mol. The first kappa shape index (κ1) is 19.5. The fourth-order valence-corrected chi connectivity index (χ4v) is 1.02. The van der Waals surface area contributed by atoms with Gasteiger partial charge in [0, 0.05) is 6.54 Å². The van der Waals surface area contributed by atoms with Gasteiger partial charge in [0.25, 0.3) is 0 Å². The molecule has 1 atom stereocenters. The van der Waals surface area contributed by atoms with Crippen LogP contribution in [0.3, 0.4) is 0 Å². The molecule has 0 saturated heterocycles.